The highest BCUT2D eigenvalue weighted by atomic mass is 19.4. The van der Waals surface area contributed by atoms with Gasteiger partial charge in [0.1, 0.15) is 5.75 Å². The molecule has 0 aliphatic rings. The Morgan fingerprint density at radius 3 is 2.19 bits per heavy atom. The highest BCUT2D eigenvalue weighted by molar-refractivity contribution is 5.36. The van der Waals surface area contributed by atoms with Crippen molar-refractivity contribution in [2.24, 2.45) is 5.73 Å². The Morgan fingerprint density at radius 2 is 1.67 bits per heavy atom. The highest BCUT2D eigenvalue weighted by Gasteiger charge is 2.31. The highest BCUT2D eigenvalue weighted by Crippen LogP contribution is 2.33. The van der Waals surface area contributed by atoms with E-state index >= 15 is 0 Å². The van der Waals surface area contributed by atoms with Crippen LogP contribution in [0.2, 0.25) is 0 Å². The molecular formula is C15H13F4NO. The second kappa shape index (κ2) is 6.13. The van der Waals surface area contributed by atoms with Crippen LogP contribution < -0.4 is 10.5 Å². The first kappa shape index (κ1) is 15.3. The van der Waals surface area contributed by atoms with Gasteiger partial charge >= 0.3 is 6.18 Å². The normalized spacial score (nSPS) is 11.5. The van der Waals surface area contributed by atoms with Gasteiger partial charge in [0.15, 0.2) is 11.6 Å². The fourth-order valence-electron chi connectivity index (χ4n) is 1.78. The summed E-state index contributed by atoms with van der Waals surface area (Å²) in [4.78, 5) is 0. The van der Waals surface area contributed by atoms with Crippen LogP contribution in [0.5, 0.6) is 11.5 Å². The van der Waals surface area contributed by atoms with Crippen molar-refractivity contribution in [3.05, 3.63) is 59.4 Å². The SMILES string of the molecule is NCCc1ccc(Oc2ccc(C(F)(F)F)cc2F)cc1. The molecule has 0 radical (unpaired) electrons. The van der Waals surface area contributed by atoms with Crippen LogP contribution in [-0.2, 0) is 12.6 Å². The molecule has 0 saturated heterocycles. The van der Waals surface area contributed by atoms with Gasteiger partial charge in [-0.2, -0.15) is 13.2 Å². The maximum absolute atomic E-state index is 13.6. The van der Waals surface area contributed by atoms with Crippen molar-refractivity contribution in [1.29, 1.82) is 0 Å². The van der Waals surface area contributed by atoms with E-state index in [0.717, 1.165) is 17.7 Å². The zero-order valence-corrected chi connectivity index (χ0v) is 11.0. The van der Waals surface area contributed by atoms with Crippen LogP contribution in [-0.4, -0.2) is 6.54 Å². The average molecular weight is 299 g/mol. The second-order valence-electron chi connectivity index (χ2n) is 4.43. The lowest BCUT2D eigenvalue weighted by Crippen LogP contribution is -2.05. The molecule has 6 heteroatoms. The summed E-state index contributed by atoms with van der Waals surface area (Å²) < 4.78 is 56.1. The molecule has 0 unspecified atom stereocenters. The van der Waals surface area contributed by atoms with Crippen molar-refractivity contribution >= 4 is 0 Å². The second-order valence-corrected chi connectivity index (χ2v) is 4.43. The third-order valence-corrected chi connectivity index (χ3v) is 2.84. The van der Waals surface area contributed by atoms with Gasteiger partial charge in [0.25, 0.3) is 0 Å². The number of nitrogens with two attached hydrogens (primary N) is 1. The van der Waals surface area contributed by atoms with Gasteiger partial charge in [-0.15, -0.1) is 0 Å². The lowest BCUT2D eigenvalue weighted by Gasteiger charge is -2.10. The quantitative estimate of drug-likeness (QED) is 0.861. The predicted octanol–water partition coefficient (Wildman–Crippen LogP) is 4.14. The zero-order chi connectivity index (χ0) is 15.5. The fraction of sp³-hybridized carbons (Fsp3) is 0.200. The molecule has 2 aromatic carbocycles. The summed E-state index contributed by atoms with van der Waals surface area (Å²) in [6.45, 7) is 0.508. The molecule has 0 spiro atoms. The molecule has 2 N–H and O–H groups in total. The molecule has 0 aliphatic carbocycles. The van der Waals surface area contributed by atoms with Crippen molar-refractivity contribution in [2.45, 2.75) is 12.6 Å². The molecule has 0 bridgehead atoms. The van der Waals surface area contributed by atoms with Crippen LogP contribution in [0, 0.1) is 5.82 Å². The Labute approximate surface area is 119 Å². The van der Waals surface area contributed by atoms with Crippen molar-refractivity contribution in [2.75, 3.05) is 6.54 Å². The number of alkyl halides is 3. The molecule has 2 rings (SSSR count). The zero-order valence-electron chi connectivity index (χ0n) is 11.0. The minimum absolute atomic E-state index is 0.255. The molecule has 112 valence electrons. The molecule has 0 fully saturated rings. The maximum Gasteiger partial charge on any atom is 0.416 e. The molecule has 2 aromatic rings. The molecule has 0 amide bonds. The number of rotatable bonds is 4. The van der Waals surface area contributed by atoms with Gasteiger partial charge < -0.3 is 10.5 Å². The van der Waals surface area contributed by atoms with Gasteiger partial charge in [-0.1, -0.05) is 12.1 Å². The molecular weight excluding hydrogens is 286 g/mol. The van der Waals surface area contributed by atoms with Crippen LogP contribution >= 0.6 is 0 Å². The Bertz CT molecular complexity index is 608. The van der Waals surface area contributed by atoms with Crippen LogP contribution in [0.15, 0.2) is 42.5 Å². The Kier molecular flexibility index (Phi) is 4.47. The topological polar surface area (TPSA) is 35.2 Å². The lowest BCUT2D eigenvalue weighted by atomic mass is 10.1. The monoisotopic (exact) mass is 299 g/mol. The molecule has 0 atom stereocenters. The van der Waals surface area contributed by atoms with Gasteiger partial charge in [0, 0.05) is 0 Å². The molecule has 0 aliphatic heterocycles. The van der Waals surface area contributed by atoms with E-state index in [1.807, 2.05) is 0 Å². The van der Waals surface area contributed by atoms with Gasteiger partial charge in [-0.25, -0.2) is 4.39 Å². The van der Waals surface area contributed by atoms with E-state index in [4.69, 9.17) is 10.5 Å². The smallest absolute Gasteiger partial charge is 0.416 e. The summed E-state index contributed by atoms with van der Waals surface area (Å²) in [5.41, 5.74) is 5.37. The number of benzene rings is 2. The Balaban J connectivity index is 2.16. The van der Waals surface area contributed by atoms with Crippen molar-refractivity contribution in [3.63, 3.8) is 0 Å². The number of hydrogen-bond donors (Lipinski definition) is 1. The van der Waals surface area contributed by atoms with Gasteiger partial charge in [0.2, 0.25) is 0 Å². The van der Waals surface area contributed by atoms with Crippen LogP contribution in [0.4, 0.5) is 17.6 Å². The predicted molar refractivity (Wildman–Crippen MR) is 70.7 cm³/mol. The Morgan fingerprint density at radius 1 is 1.00 bits per heavy atom. The number of hydrogen-bond acceptors (Lipinski definition) is 2. The minimum Gasteiger partial charge on any atom is -0.454 e. The van der Waals surface area contributed by atoms with E-state index < -0.39 is 17.6 Å². The van der Waals surface area contributed by atoms with E-state index in [2.05, 4.69) is 0 Å². The van der Waals surface area contributed by atoms with E-state index in [9.17, 15) is 17.6 Å². The van der Waals surface area contributed by atoms with Gasteiger partial charge in [-0.3, -0.25) is 0 Å². The molecule has 21 heavy (non-hydrogen) atoms. The first-order valence-corrected chi connectivity index (χ1v) is 6.24. The van der Waals surface area contributed by atoms with E-state index in [1.165, 1.54) is 0 Å². The first-order chi connectivity index (χ1) is 9.90. The summed E-state index contributed by atoms with van der Waals surface area (Å²) in [6.07, 6.45) is -3.88. The number of halogens is 4. The van der Waals surface area contributed by atoms with E-state index in [-0.39, 0.29) is 5.75 Å². The summed E-state index contributed by atoms with van der Waals surface area (Å²) in [5.74, 6) is -0.972. The van der Waals surface area contributed by atoms with Crippen LogP contribution in [0.25, 0.3) is 0 Å². The maximum atomic E-state index is 13.6. The van der Waals surface area contributed by atoms with Crippen molar-refractivity contribution in [3.8, 4) is 11.5 Å². The van der Waals surface area contributed by atoms with Crippen LogP contribution in [0.1, 0.15) is 11.1 Å². The van der Waals surface area contributed by atoms with Crippen molar-refractivity contribution in [1.82, 2.24) is 0 Å². The minimum atomic E-state index is -4.58. The summed E-state index contributed by atoms with van der Waals surface area (Å²) >= 11 is 0. The lowest BCUT2D eigenvalue weighted by molar-refractivity contribution is -0.137. The van der Waals surface area contributed by atoms with Gasteiger partial charge in [-0.05, 0) is 48.9 Å². The summed E-state index contributed by atoms with van der Waals surface area (Å²) in [6, 6.07) is 8.92. The first-order valence-electron chi connectivity index (χ1n) is 6.24. The molecule has 2 nitrogen and oxygen atoms in total. The largest absolute Gasteiger partial charge is 0.454 e. The summed E-state index contributed by atoms with van der Waals surface area (Å²) in [7, 11) is 0. The Hall–Kier alpha value is -2.08. The van der Waals surface area contributed by atoms with E-state index in [1.54, 1.807) is 24.3 Å². The summed E-state index contributed by atoms with van der Waals surface area (Å²) in [5, 5.41) is 0. The third-order valence-electron chi connectivity index (χ3n) is 2.84. The third kappa shape index (κ3) is 3.95. The number of ether oxygens (including phenoxy) is 1. The fourth-order valence-corrected chi connectivity index (χ4v) is 1.78. The molecule has 0 heterocycles. The average Bonchev–Trinajstić information content (AvgIpc) is 2.42. The van der Waals surface area contributed by atoms with E-state index in [0.29, 0.717) is 24.8 Å². The van der Waals surface area contributed by atoms with Gasteiger partial charge in [0.05, 0.1) is 5.56 Å². The van der Waals surface area contributed by atoms with Crippen LogP contribution in [0.3, 0.4) is 0 Å². The molecule has 0 aromatic heterocycles. The standard InChI is InChI=1S/C15H13F4NO/c16-13-9-11(15(17,18)19)3-6-14(13)21-12-4-1-10(2-5-12)7-8-20/h1-6,9H,7-8,20H2. The van der Waals surface area contributed by atoms with Crippen molar-refractivity contribution < 1.29 is 22.3 Å². The molecule has 0 saturated carbocycles.